The van der Waals surface area contributed by atoms with E-state index in [0.29, 0.717) is 12.1 Å². The SMILES string of the molecule is CN1CCC(NCC2CNCCO2)CC1. The van der Waals surface area contributed by atoms with Crippen LogP contribution in [0, 0.1) is 0 Å². The van der Waals surface area contributed by atoms with Crippen molar-refractivity contribution in [1.29, 1.82) is 0 Å². The minimum Gasteiger partial charge on any atom is -0.374 e. The highest BCUT2D eigenvalue weighted by Gasteiger charge is 2.18. The van der Waals surface area contributed by atoms with Gasteiger partial charge in [0.2, 0.25) is 0 Å². The smallest absolute Gasteiger partial charge is 0.0824 e. The van der Waals surface area contributed by atoms with Crippen LogP contribution in [0.25, 0.3) is 0 Å². The Morgan fingerprint density at radius 1 is 1.40 bits per heavy atom. The average molecular weight is 213 g/mol. The van der Waals surface area contributed by atoms with Crippen molar-refractivity contribution in [2.45, 2.75) is 25.0 Å². The van der Waals surface area contributed by atoms with Crippen LogP contribution in [0.4, 0.5) is 0 Å². The second kappa shape index (κ2) is 5.80. The summed E-state index contributed by atoms with van der Waals surface area (Å²) in [5.74, 6) is 0. The molecule has 4 nitrogen and oxygen atoms in total. The minimum atomic E-state index is 0.374. The van der Waals surface area contributed by atoms with Gasteiger partial charge < -0.3 is 20.3 Å². The number of morpholine rings is 1. The highest BCUT2D eigenvalue weighted by atomic mass is 16.5. The van der Waals surface area contributed by atoms with E-state index >= 15 is 0 Å². The van der Waals surface area contributed by atoms with Gasteiger partial charge in [0.15, 0.2) is 0 Å². The van der Waals surface area contributed by atoms with Gasteiger partial charge >= 0.3 is 0 Å². The molecule has 2 rings (SSSR count). The first kappa shape index (κ1) is 11.3. The van der Waals surface area contributed by atoms with E-state index in [1.807, 2.05) is 0 Å². The molecule has 15 heavy (non-hydrogen) atoms. The molecule has 0 aromatic heterocycles. The maximum atomic E-state index is 5.65. The predicted octanol–water partition coefficient (Wildman–Crippen LogP) is -0.341. The summed E-state index contributed by atoms with van der Waals surface area (Å²) in [6.07, 6.45) is 2.92. The first-order valence-corrected chi connectivity index (χ1v) is 6.09. The molecule has 0 spiro atoms. The highest BCUT2D eigenvalue weighted by molar-refractivity contribution is 4.78. The first-order chi connectivity index (χ1) is 7.34. The Morgan fingerprint density at radius 2 is 2.20 bits per heavy atom. The fraction of sp³-hybridized carbons (Fsp3) is 1.00. The summed E-state index contributed by atoms with van der Waals surface area (Å²) in [5, 5.41) is 6.98. The maximum absolute atomic E-state index is 5.65. The Bertz CT molecular complexity index is 175. The van der Waals surface area contributed by atoms with Crippen LogP contribution in [0.1, 0.15) is 12.8 Å². The van der Waals surface area contributed by atoms with Crippen molar-refractivity contribution in [2.24, 2.45) is 0 Å². The van der Waals surface area contributed by atoms with Crippen LogP contribution in [0.3, 0.4) is 0 Å². The molecule has 1 atom stereocenters. The van der Waals surface area contributed by atoms with Crippen LogP contribution in [0.15, 0.2) is 0 Å². The highest BCUT2D eigenvalue weighted by Crippen LogP contribution is 2.08. The second-order valence-electron chi connectivity index (χ2n) is 4.68. The average Bonchev–Trinajstić information content (AvgIpc) is 2.30. The Morgan fingerprint density at radius 3 is 2.87 bits per heavy atom. The van der Waals surface area contributed by atoms with Gasteiger partial charge in [0.05, 0.1) is 12.7 Å². The van der Waals surface area contributed by atoms with Crippen molar-refractivity contribution in [2.75, 3.05) is 46.4 Å². The van der Waals surface area contributed by atoms with Crippen LogP contribution in [0.5, 0.6) is 0 Å². The molecule has 0 radical (unpaired) electrons. The molecule has 0 aromatic carbocycles. The zero-order valence-electron chi connectivity index (χ0n) is 9.67. The van der Waals surface area contributed by atoms with Crippen molar-refractivity contribution < 1.29 is 4.74 Å². The van der Waals surface area contributed by atoms with Crippen molar-refractivity contribution in [3.05, 3.63) is 0 Å². The molecule has 2 fully saturated rings. The summed E-state index contributed by atoms with van der Waals surface area (Å²) in [7, 11) is 2.20. The summed E-state index contributed by atoms with van der Waals surface area (Å²) in [6, 6.07) is 0.701. The summed E-state index contributed by atoms with van der Waals surface area (Å²) < 4.78 is 5.65. The van der Waals surface area contributed by atoms with Crippen LogP contribution >= 0.6 is 0 Å². The Labute approximate surface area is 92.4 Å². The third-order valence-corrected chi connectivity index (χ3v) is 3.36. The number of nitrogens with one attached hydrogen (secondary N) is 2. The standard InChI is InChI=1S/C11H23N3O/c1-14-5-2-10(3-6-14)13-9-11-8-12-4-7-15-11/h10-13H,2-9H2,1H3. The van der Waals surface area contributed by atoms with Gasteiger partial charge in [-0.1, -0.05) is 0 Å². The summed E-state index contributed by atoms with van der Waals surface area (Å²) in [6.45, 7) is 6.31. The van der Waals surface area contributed by atoms with E-state index in [0.717, 1.165) is 26.2 Å². The molecule has 2 aliphatic rings. The van der Waals surface area contributed by atoms with Crippen LogP contribution in [0.2, 0.25) is 0 Å². The normalized spacial score (nSPS) is 30.6. The number of piperidine rings is 1. The van der Waals surface area contributed by atoms with Crippen LogP contribution in [-0.2, 0) is 4.74 Å². The fourth-order valence-electron chi connectivity index (χ4n) is 2.26. The monoisotopic (exact) mass is 213 g/mol. The Kier molecular flexibility index (Phi) is 4.38. The van der Waals surface area contributed by atoms with Crippen LogP contribution < -0.4 is 10.6 Å². The molecule has 2 aliphatic heterocycles. The molecule has 0 aromatic rings. The third-order valence-electron chi connectivity index (χ3n) is 3.36. The lowest BCUT2D eigenvalue weighted by molar-refractivity contribution is 0.0262. The molecule has 0 saturated carbocycles. The zero-order chi connectivity index (χ0) is 10.5. The lowest BCUT2D eigenvalue weighted by atomic mass is 10.1. The van der Waals surface area contributed by atoms with E-state index in [4.69, 9.17) is 4.74 Å². The fourth-order valence-corrected chi connectivity index (χ4v) is 2.26. The van der Waals surface area contributed by atoms with Crippen molar-refractivity contribution >= 4 is 0 Å². The summed E-state index contributed by atoms with van der Waals surface area (Å²) in [5.41, 5.74) is 0. The van der Waals surface area contributed by atoms with Gasteiger partial charge in [-0.3, -0.25) is 0 Å². The molecule has 2 heterocycles. The molecule has 0 amide bonds. The molecule has 0 aliphatic carbocycles. The molecule has 1 unspecified atom stereocenters. The van der Waals surface area contributed by atoms with Gasteiger partial charge in [0.1, 0.15) is 0 Å². The second-order valence-corrected chi connectivity index (χ2v) is 4.68. The predicted molar refractivity (Wildman–Crippen MR) is 61.1 cm³/mol. The number of rotatable bonds is 3. The van der Waals surface area contributed by atoms with Crippen molar-refractivity contribution in [3.63, 3.8) is 0 Å². The first-order valence-electron chi connectivity index (χ1n) is 6.09. The molecule has 0 bridgehead atoms. The number of hydrogen-bond donors (Lipinski definition) is 2. The number of ether oxygens (including phenoxy) is 1. The zero-order valence-corrected chi connectivity index (χ0v) is 9.67. The minimum absolute atomic E-state index is 0.374. The third kappa shape index (κ3) is 3.72. The molecule has 4 heteroatoms. The van der Waals surface area contributed by atoms with Gasteiger partial charge in [-0.25, -0.2) is 0 Å². The molecule has 2 saturated heterocycles. The Hall–Kier alpha value is -0.160. The van der Waals surface area contributed by atoms with Gasteiger partial charge in [-0.15, -0.1) is 0 Å². The van der Waals surface area contributed by atoms with Crippen molar-refractivity contribution in [3.8, 4) is 0 Å². The van der Waals surface area contributed by atoms with E-state index in [-0.39, 0.29) is 0 Å². The number of hydrogen-bond acceptors (Lipinski definition) is 4. The molecular formula is C11H23N3O. The largest absolute Gasteiger partial charge is 0.374 e. The van der Waals surface area contributed by atoms with Gasteiger partial charge in [0.25, 0.3) is 0 Å². The van der Waals surface area contributed by atoms with E-state index < -0.39 is 0 Å². The maximum Gasteiger partial charge on any atom is 0.0824 e. The van der Waals surface area contributed by atoms with Gasteiger partial charge in [-0.05, 0) is 33.0 Å². The lowest BCUT2D eigenvalue weighted by Crippen LogP contribution is -2.48. The van der Waals surface area contributed by atoms with E-state index in [1.165, 1.54) is 25.9 Å². The number of nitrogens with zero attached hydrogens (tertiary/aromatic N) is 1. The van der Waals surface area contributed by atoms with Gasteiger partial charge in [-0.2, -0.15) is 0 Å². The van der Waals surface area contributed by atoms with Crippen LogP contribution in [-0.4, -0.2) is 63.4 Å². The van der Waals surface area contributed by atoms with E-state index in [1.54, 1.807) is 0 Å². The quantitative estimate of drug-likeness (QED) is 0.672. The summed E-state index contributed by atoms with van der Waals surface area (Å²) in [4.78, 5) is 2.40. The van der Waals surface area contributed by atoms with Gasteiger partial charge in [0, 0.05) is 25.7 Å². The topological polar surface area (TPSA) is 36.5 Å². The van der Waals surface area contributed by atoms with Crippen molar-refractivity contribution in [1.82, 2.24) is 15.5 Å². The Balaban J connectivity index is 1.60. The molecule has 2 N–H and O–H groups in total. The molecular weight excluding hydrogens is 190 g/mol. The lowest BCUT2D eigenvalue weighted by Gasteiger charge is -2.31. The number of likely N-dealkylation sites (tertiary alicyclic amines) is 1. The molecule has 88 valence electrons. The summed E-state index contributed by atoms with van der Waals surface area (Å²) >= 11 is 0. The van der Waals surface area contributed by atoms with E-state index in [2.05, 4.69) is 22.6 Å². The van der Waals surface area contributed by atoms with E-state index in [9.17, 15) is 0 Å².